The summed E-state index contributed by atoms with van der Waals surface area (Å²) in [7, 11) is 0. The summed E-state index contributed by atoms with van der Waals surface area (Å²) in [6, 6.07) is 17.4. The van der Waals surface area contributed by atoms with Crippen molar-refractivity contribution in [3.8, 4) is 0 Å². The number of hydrogen-bond acceptors (Lipinski definition) is 4. The van der Waals surface area contributed by atoms with Crippen LogP contribution in [0.3, 0.4) is 0 Å². The number of carboxylic acid groups (broad SMARTS) is 1. The molecule has 0 aromatic heterocycles. The molecule has 2 atom stereocenters. The fourth-order valence-electron chi connectivity index (χ4n) is 2.14. The van der Waals surface area contributed by atoms with Gasteiger partial charge in [0.1, 0.15) is 6.61 Å². The van der Waals surface area contributed by atoms with E-state index in [0.29, 0.717) is 0 Å². The van der Waals surface area contributed by atoms with E-state index in [1.807, 2.05) is 67.6 Å². The van der Waals surface area contributed by atoms with Crippen LogP contribution in [0.2, 0.25) is 0 Å². The predicted octanol–water partition coefficient (Wildman–Crippen LogP) is 3.14. The third-order valence-electron chi connectivity index (χ3n) is 3.58. The van der Waals surface area contributed by atoms with Crippen LogP contribution in [0.5, 0.6) is 0 Å². The summed E-state index contributed by atoms with van der Waals surface area (Å²) in [5.41, 5.74) is 1.75. The molecule has 0 spiro atoms. The zero-order valence-electron chi connectivity index (χ0n) is 13.9. The maximum Gasteiger partial charge on any atom is 0.408 e. The van der Waals surface area contributed by atoms with Crippen LogP contribution < -0.4 is 5.32 Å². The number of carbonyl (C=O) groups excluding carboxylic acids is 1. The van der Waals surface area contributed by atoms with Crippen molar-refractivity contribution in [2.75, 3.05) is 6.61 Å². The van der Waals surface area contributed by atoms with Gasteiger partial charge in [-0.3, -0.25) is 0 Å². The van der Waals surface area contributed by atoms with Gasteiger partial charge in [-0.25, -0.2) is 9.59 Å². The van der Waals surface area contributed by atoms with Gasteiger partial charge in [0.15, 0.2) is 6.04 Å². The third-order valence-corrected chi connectivity index (χ3v) is 3.58. The Kier molecular flexibility index (Phi) is 6.98. The summed E-state index contributed by atoms with van der Waals surface area (Å²) in [6.07, 6.45) is -1.09. The largest absolute Gasteiger partial charge is 0.480 e. The molecule has 6 nitrogen and oxygen atoms in total. The number of ether oxygens (including phenoxy) is 2. The van der Waals surface area contributed by atoms with Gasteiger partial charge in [0.2, 0.25) is 0 Å². The molecular weight excluding hydrogens is 322 g/mol. The molecule has 0 fully saturated rings. The van der Waals surface area contributed by atoms with E-state index in [-0.39, 0.29) is 19.3 Å². The first kappa shape index (κ1) is 18.5. The van der Waals surface area contributed by atoms with Gasteiger partial charge in [-0.2, -0.15) is 0 Å². The maximum atomic E-state index is 11.8. The Morgan fingerprint density at radius 2 is 1.64 bits per heavy atom. The van der Waals surface area contributed by atoms with Gasteiger partial charge < -0.3 is 19.9 Å². The van der Waals surface area contributed by atoms with E-state index in [9.17, 15) is 14.7 Å². The van der Waals surface area contributed by atoms with E-state index in [1.165, 1.54) is 0 Å². The van der Waals surface area contributed by atoms with E-state index >= 15 is 0 Å². The van der Waals surface area contributed by atoms with Crippen LogP contribution in [0.15, 0.2) is 60.7 Å². The lowest BCUT2D eigenvalue weighted by molar-refractivity contribution is -0.141. The lowest BCUT2D eigenvalue weighted by Crippen LogP contribution is -2.44. The van der Waals surface area contributed by atoms with Crippen molar-refractivity contribution in [2.45, 2.75) is 25.7 Å². The van der Waals surface area contributed by atoms with Gasteiger partial charge in [0.05, 0.1) is 12.7 Å². The van der Waals surface area contributed by atoms with Crippen molar-refractivity contribution in [3.63, 3.8) is 0 Å². The van der Waals surface area contributed by atoms with E-state index in [0.717, 1.165) is 11.1 Å². The average molecular weight is 343 g/mol. The minimum atomic E-state index is -1.19. The number of nitrogens with one attached hydrogen (secondary N) is 1. The molecule has 2 aromatic rings. The monoisotopic (exact) mass is 343 g/mol. The third kappa shape index (κ3) is 6.27. The van der Waals surface area contributed by atoms with Crippen LogP contribution in [-0.2, 0) is 20.9 Å². The van der Waals surface area contributed by atoms with Crippen molar-refractivity contribution >= 4 is 12.1 Å². The Labute approximate surface area is 146 Å². The van der Waals surface area contributed by atoms with Crippen LogP contribution in [0, 0.1) is 0 Å². The Bertz CT molecular complexity index is 675. The quantitative estimate of drug-likeness (QED) is 0.769. The molecule has 0 aliphatic rings. The fraction of sp³-hybridized carbons (Fsp3) is 0.263. The van der Waals surface area contributed by atoms with Crippen molar-refractivity contribution < 1.29 is 24.2 Å². The van der Waals surface area contributed by atoms with Crippen molar-refractivity contribution in [2.24, 2.45) is 0 Å². The first-order valence-corrected chi connectivity index (χ1v) is 7.93. The van der Waals surface area contributed by atoms with E-state index < -0.39 is 18.1 Å². The van der Waals surface area contributed by atoms with Gasteiger partial charge in [-0.1, -0.05) is 60.7 Å². The number of hydrogen-bond donors (Lipinski definition) is 2. The second-order valence-electron chi connectivity index (χ2n) is 5.48. The summed E-state index contributed by atoms with van der Waals surface area (Å²) in [4.78, 5) is 23.1. The highest BCUT2D eigenvalue weighted by atomic mass is 16.5. The zero-order chi connectivity index (χ0) is 18.1. The highest BCUT2D eigenvalue weighted by molar-refractivity contribution is 5.80. The summed E-state index contributed by atoms with van der Waals surface area (Å²) in [5.74, 6) is -1.18. The number of rotatable bonds is 8. The Morgan fingerprint density at radius 3 is 2.24 bits per heavy atom. The zero-order valence-corrected chi connectivity index (χ0v) is 13.9. The number of carboxylic acids is 1. The minimum Gasteiger partial charge on any atom is -0.480 e. The topological polar surface area (TPSA) is 84.9 Å². The lowest BCUT2D eigenvalue weighted by atomic mass is 10.1. The fourth-order valence-corrected chi connectivity index (χ4v) is 2.14. The van der Waals surface area contributed by atoms with Gasteiger partial charge >= 0.3 is 12.1 Å². The molecule has 0 bridgehead atoms. The molecule has 2 N–H and O–H groups in total. The van der Waals surface area contributed by atoms with Gasteiger partial charge in [0.25, 0.3) is 0 Å². The van der Waals surface area contributed by atoms with E-state index in [1.54, 1.807) is 0 Å². The number of carbonyl (C=O) groups is 2. The minimum absolute atomic E-state index is 0.0697. The van der Waals surface area contributed by atoms with Gasteiger partial charge in [-0.15, -0.1) is 0 Å². The molecule has 2 aromatic carbocycles. The number of alkyl carbamates (subject to hydrolysis) is 1. The Morgan fingerprint density at radius 1 is 1.04 bits per heavy atom. The summed E-state index contributed by atoms with van der Waals surface area (Å²) < 4.78 is 10.6. The molecule has 1 unspecified atom stereocenters. The molecule has 25 heavy (non-hydrogen) atoms. The SMILES string of the molecule is CC(OC[C@H](NC(=O)OCc1ccccc1)C(=O)O)c1ccccc1. The molecule has 0 saturated heterocycles. The molecule has 0 aliphatic heterocycles. The summed E-state index contributed by atoms with van der Waals surface area (Å²) >= 11 is 0. The standard InChI is InChI=1S/C19H21NO5/c1-14(16-10-6-3-7-11-16)24-13-17(18(21)22)20-19(23)25-12-15-8-4-2-5-9-15/h2-11,14,17H,12-13H2,1H3,(H,20,23)(H,21,22)/t14?,17-/m0/s1. The summed E-state index contributed by atoms with van der Waals surface area (Å²) in [5, 5.41) is 11.5. The first-order valence-electron chi connectivity index (χ1n) is 7.93. The number of aliphatic carboxylic acids is 1. The van der Waals surface area contributed by atoms with Crippen LogP contribution >= 0.6 is 0 Å². The first-order chi connectivity index (χ1) is 12.1. The van der Waals surface area contributed by atoms with Crippen LogP contribution in [0.25, 0.3) is 0 Å². The Balaban J connectivity index is 1.81. The van der Waals surface area contributed by atoms with Gasteiger partial charge in [-0.05, 0) is 18.1 Å². The normalized spacial score (nSPS) is 12.8. The molecule has 132 valence electrons. The lowest BCUT2D eigenvalue weighted by Gasteiger charge is -2.18. The van der Waals surface area contributed by atoms with Gasteiger partial charge in [0, 0.05) is 0 Å². The number of amides is 1. The van der Waals surface area contributed by atoms with Crippen molar-refractivity contribution in [3.05, 3.63) is 71.8 Å². The molecule has 0 radical (unpaired) electrons. The van der Waals surface area contributed by atoms with E-state index in [4.69, 9.17) is 9.47 Å². The smallest absolute Gasteiger partial charge is 0.408 e. The average Bonchev–Trinajstić information content (AvgIpc) is 2.64. The molecule has 0 saturated carbocycles. The van der Waals surface area contributed by atoms with Crippen LogP contribution in [0.4, 0.5) is 4.79 Å². The van der Waals surface area contributed by atoms with Crippen molar-refractivity contribution in [1.82, 2.24) is 5.32 Å². The highest BCUT2D eigenvalue weighted by Crippen LogP contribution is 2.16. The molecule has 0 aliphatic carbocycles. The molecule has 2 rings (SSSR count). The van der Waals surface area contributed by atoms with Crippen LogP contribution in [0.1, 0.15) is 24.2 Å². The highest BCUT2D eigenvalue weighted by Gasteiger charge is 2.22. The van der Waals surface area contributed by atoms with Crippen molar-refractivity contribution in [1.29, 1.82) is 0 Å². The predicted molar refractivity (Wildman–Crippen MR) is 92.0 cm³/mol. The molecule has 1 amide bonds. The molecular formula is C19H21NO5. The van der Waals surface area contributed by atoms with E-state index in [2.05, 4.69) is 5.32 Å². The van der Waals surface area contributed by atoms with Crippen LogP contribution in [-0.4, -0.2) is 29.8 Å². The Hall–Kier alpha value is -2.86. The summed E-state index contributed by atoms with van der Waals surface area (Å²) in [6.45, 7) is 1.73. The maximum absolute atomic E-state index is 11.8. The number of benzene rings is 2. The second-order valence-corrected chi connectivity index (χ2v) is 5.48. The molecule has 0 heterocycles. The molecule has 6 heteroatoms. The second kappa shape index (κ2) is 9.44.